The van der Waals surface area contributed by atoms with E-state index < -0.39 is 5.91 Å². The fraction of sp³-hybridized carbons (Fsp3) is 0.304. The van der Waals surface area contributed by atoms with Crippen molar-refractivity contribution in [1.29, 1.82) is 0 Å². The Labute approximate surface area is 186 Å². The summed E-state index contributed by atoms with van der Waals surface area (Å²) in [5, 5.41) is 0.500. The number of carbonyl (C=O) groups excluding carboxylic acids is 1. The summed E-state index contributed by atoms with van der Waals surface area (Å²) in [6.07, 6.45) is 3.97. The minimum atomic E-state index is -0.567. The van der Waals surface area contributed by atoms with Crippen LogP contribution in [0.5, 0.6) is 5.75 Å². The van der Waals surface area contributed by atoms with E-state index in [1.54, 1.807) is 12.1 Å². The van der Waals surface area contributed by atoms with Gasteiger partial charge in [-0.2, -0.15) is 0 Å². The topological polar surface area (TPSA) is 94.2 Å². The van der Waals surface area contributed by atoms with E-state index in [1.807, 2.05) is 30.3 Å². The van der Waals surface area contributed by atoms with E-state index in [0.717, 1.165) is 49.3 Å². The minimum Gasteiger partial charge on any atom is -0.490 e. The van der Waals surface area contributed by atoms with Crippen molar-refractivity contribution < 1.29 is 9.53 Å². The number of hydrogen-bond acceptors (Lipinski definition) is 6. The Bertz CT molecular complexity index is 1070. The highest BCUT2D eigenvalue weighted by molar-refractivity contribution is 6.30. The first-order valence-corrected chi connectivity index (χ1v) is 10.7. The van der Waals surface area contributed by atoms with Crippen LogP contribution in [0.15, 0.2) is 48.7 Å². The number of anilines is 1. The summed E-state index contributed by atoms with van der Waals surface area (Å²) in [5.74, 6) is 1.56. The number of nitrogens with two attached hydrogens (primary N) is 1. The molecule has 160 valence electrons. The fourth-order valence-electron chi connectivity index (χ4n) is 3.72. The molecule has 4 rings (SSSR count). The molecule has 0 bridgehead atoms. The molecule has 0 spiro atoms. The van der Waals surface area contributed by atoms with Crippen molar-refractivity contribution in [3.05, 3.63) is 65.1 Å². The summed E-state index contributed by atoms with van der Waals surface area (Å²) in [7, 11) is 0. The Hall–Kier alpha value is -3.19. The Kier molecular flexibility index (Phi) is 6.32. The third-order valence-corrected chi connectivity index (χ3v) is 5.66. The van der Waals surface area contributed by atoms with Gasteiger partial charge in [0, 0.05) is 49.3 Å². The zero-order valence-corrected chi connectivity index (χ0v) is 18.0. The molecular weight excluding hydrogens is 414 g/mol. The Morgan fingerprint density at radius 2 is 1.94 bits per heavy atom. The quantitative estimate of drug-likeness (QED) is 0.587. The largest absolute Gasteiger partial charge is 0.490 e. The van der Waals surface area contributed by atoms with Crippen molar-refractivity contribution >= 4 is 23.3 Å². The number of primary amides is 1. The van der Waals surface area contributed by atoms with Crippen LogP contribution in [0, 0.1) is 0 Å². The van der Waals surface area contributed by atoms with Crippen molar-refractivity contribution in [2.75, 3.05) is 18.0 Å². The number of benzene rings is 1. The van der Waals surface area contributed by atoms with Crippen LogP contribution in [0.1, 0.15) is 35.8 Å². The van der Waals surface area contributed by atoms with E-state index in [4.69, 9.17) is 27.1 Å². The predicted octanol–water partition coefficient (Wildman–Crippen LogP) is 3.90. The summed E-state index contributed by atoms with van der Waals surface area (Å²) in [6.45, 7) is 3.63. The first kappa shape index (κ1) is 21.1. The molecule has 1 amide bonds. The number of hydrogen-bond donors (Lipinski definition) is 1. The number of carbonyl (C=O) groups is 1. The van der Waals surface area contributed by atoms with E-state index in [0.29, 0.717) is 16.7 Å². The molecule has 0 atom stereocenters. The Balaban J connectivity index is 1.50. The molecule has 0 unspecified atom stereocenters. The molecule has 3 heterocycles. The summed E-state index contributed by atoms with van der Waals surface area (Å²) in [6, 6.07) is 13.2. The summed E-state index contributed by atoms with van der Waals surface area (Å²) in [4.78, 5) is 26.9. The van der Waals surface area contributed by atoms with Crippen molar-refractivity contribution in [3.8, 4) is 17.1 Å². The molecular formula is C23H24ClN5O2. The fourth-order valence-corrected chi connectivity index (χ4v) is 4.02. The third-order valence-electron chi connectivity index (χ3n) is 5.35. The molecule has 1 saturated heterocycles. The first-order chi connectivity index (χ1) is 15.0. The number of aromatic nitrogens is 3. The van der Waals surface area contributed by atoms with Gasteiger partial charge in [0.05, 0.1) is 0 Å². The van der Waals surface area contributed by atoms with Crippen LogP contribution >= 0.6 is 11.6 Å². The molecule has 1 aromatic carbocycles. The number of ether oxygens (including phenoxy) is 1. The summed E-state index contributed by atoms with van der Waals surface area (Å²) in [5.41, 5.74) is 7.40. The van der Waals surface area contributed by atoms with Crippen LogP contribution in [0.2, 0.25) is 5.15 Å². The lowest BCUT2D eigenvalue weighted by Crippen LogP contribution is -2.39. The Morgan fingerprint density at radius 1 is 1.19 bits per heavy atom. The average Bonchev–Trinajstić information content (AvgIpc) is 2.80. The summed E-state index contributed by atoms with van der Waals surface area (Å²) >= 11 is 6.53. The third kappa shape index (κ3) is 4.77. The van der Waals surface area contributed by atoms with Gasteiger partial charge >= 0.3 is 0 Å². The second-order valence-corrected chi connectivity index (χ2v) is 7.76. The first-order valence-electron chi connectivity index (χ1n) is 10.3. The maximum absolute atomic E-state index is 11.3. The van der Waals surface area contributed by atoms with Gasteiger partial charge in [-0.15, -0.1) is 0 Å². The SMILES string of the molecule is CCc1c(Cl)nc(-c2ccccc2)nc1N1CCC(Oc2ccnc(C(N)=O)c2)CC1. The molecule has 3 aromatic rings. The van der Waals surface area contributed by atoms with Crippen molar-refractivity contribution in [2.24, 2.45) is 5.73 Å². The van der Waals surface area contributed by atoms with Crippen molar-refractivity contribution in [2.45, 2.75) is 32.3 Å². The van der Waals surface area contributed by atoms with Crippen LogP contribution < -0.4 is 15.4 Å². The lowest BCUT2D eigenvalue weighted by Gasteiger charge is -2.34. The highest BCUT2D eigenvalue weighted by Crippen LogP contribution is 2.31. The average molecular weight is 438 g/mol. The van der Waals surface area contributed by atoms with Crippen molar-refractivity contribution in [1.82, 2.24) is 15.0 Å². The van der Waals surface area contributed by atoms with Gasteiger partial charge in [0.15, 0.2) is 5.82 Å². The molecule has 0 aliphatic carbocycles. The van der Waals surface area contributed by atoms with E-state index in [1.165, 1.54) is 6.20 Å². The van der Waals surface area contributed by atoms with Crippen LogP contribution in [0.3, 0.4) is 0 Å². The van der Waals surface area contributed by atoms with Gasteiger partial charge in [-0.25, -0.2) is 9.97 Å². The van der Waals surface area contributed by atoms with E-state index in [9.17, 15) is 4.79 Å². The second kappa shape index (κ2) is 9.31. The van der Waals surface area contributed by atoms with Gasteiger partial charge in [0.25, 0.3) is 5.91 Å². The monoisotopic (exact) mass is 437 g/mol. The van der Waals surface area contributed by atoms with Gasteiger partial charge in [-0.05, 0) is 12.5 Å². The van der Waals surface area contributed by atoms with E-state index in [2.05, 4.69) is 21.8 Å². The van der Waals surface area contributed by atoms with Gasteiger partial charge in [0.2, 0.25) is 0 Å². The molecule has 0 saturated carbocycles. The highest BCUT2D eigenvalue weighted by Gasteiger charge is 2.25. The molecule has 8 heteroatoms. The molecule has 7 nitrogen and oxygen atoms in total. The maximum atomic E-state index is 11.3. The number of rotatable bonds is 6. The van der Waals surface area contributed by atoms with Crippen molar-refractivity contribution in [3.63, 3.8) is 0 Å². The lowest BCUT2D eigenvalue weighted by atomic mass is 10.1. The molecule has 1 fully saturated rings. The van der Waals surface area contributed by atoms with Gasteiger partial charge in [-0.3, -0.25) is 9.78 Å². The smallest absolute Gasteiger partial charge is 0.267 e. The molecule has 1 aliphatic heterocycles. The van der Waals surface area contributed by atoms with Gasteiger partial charge in [0.1, 0.15) is 28.5 Å². The number of pyridine rings is 1. The van der Waals surface area contributed by atoms with E-state index >= 15 is 0 Å². The molecule has 1 aliphatic rings. The molecule has 0 radical (unpaired) electrons. The van der Waals surface area contributed by atoms with Crippen LogP contribution in [0.25, 0.3) is 11.4 Å². The summed E-state index contributed by atoms with van der Waals surface area (Å²) < 4.78 is 6.07. The van der Waals surface area contributed by atoms with Crippen LogP contribution in [0.4, 0.5) is 5.82 Å². The minimum absolute atomic E-state index is 0.0374. The van der Waals surface area contributed by atoms with Crippen LogP contribution in [-0.2, 0) is 6.42 Å². The standard InChI is InChI=1S/C23H24ClN5O2/c1-2-18-20(24)27-22(15-6-4-3-5-7-15)28-23(18)29-12-9-16(10-13-29)31-17-8-11-26-19(14-17)21(25)30/h3-8,11,14,16H,2,9-10,12-13H2,1H3,(H2,25,30). The number of nitrogens with zero attached hydrogens (tertiary/aromatic N) is 4. The second-order valence-electron chi connectivity index (χ2n) is 7.41. The zero-order chi connectivity index (χ0) is 21.8. The highest BCUT2D eigenvalue weighted by atomic mass is 35.5. The van der Waals surface area contributed by atoms with Gasteiger partial charge < -0.3 is 15.4 Å². The maximum Gasteiger partial charge on any atom is 0.267 e. The Morgan fingerprint density at radius 3 is 2.61 bits per heavy atom. The lowest BCUT2D eigenvalue weighted by molar-refractivity contribution is 0.0994. The number of halogens is 1. The number of amides is 1. The molecule has 2 aromatic heterocycles. The molecule has 31 heavy (non-hydrogen) atoms. The van der Waals surface area contributed by atoms with Crippen LogP contribution in [-0.4, -0.2) is 40.1 Å². The van der Waals surface area contributed by atoms with E-state index in [-0.39, 0.29) is 11.8 Å². The molecule has 2 N–H and O–H groups in total. The van der Waals surface area contributed by atoms with Gasteiger partial charge in [-0.1, -0.05) is 48.9 Å². The normalized spacial score (nSPS) is 14.5. The predicted molar refractivity (Wildman–Crippen MR) is 120 cm³/mol. The number of piperidine rings is 1. The zero-order valence-electron chi connectivity index (χ0n) is 17.3.